The molecule has 0 atom stereocenters. The molecule has 0 aliphatic carbocycles. The first kappa shape index (κ1) is 12.3. The lowest BCUT2D eigenvalue weighted by atomic mass is 10.2. The van der Waals surface area contributed by atoms with Gasteiger partial charge in [-0.05, 0) is 17.7 Å². The summed E-state index contributed by atoms with van der Waals surface area (Å²) < 4.78 is 10.3. The van der Waals surface area contributed by atoms with Crippen molar-refractivity contribution in [3.8, 4) is 5.75 Å². The van der Waals surface area contributed by atoms with Crippen molar-refractivity contribution >= 4 is 5.97 Å². The monoisotopic (exact) mass is 222 g/mol. The van der Waals surface area contributed by atoms with E-state index in [2.05, 4.69) is 0 Å². The van der Waals surface area contributed by atoms with Crippen LogP contribution in [0.1, 0.15) is 5.56 Å². The molecule has 0 saturated carbocycles. The molecule has 16 heavy (non-hydrogen) atoms. The molecule has 0 unspecified atom stereocenters. The van der Waals surface area contributed by atoms with Crippen molar-refractivity contribution in [1.82, 2.24) is 0 Å². The summed E-state index contributed by atoms with van der Waals surface area (Å²) in [5.74, 6) is -0.188. The summed E-state index contributed by atoms with van der Waals surface area (Å²) in [5.41, 5.74) is 0.989. The van der Waals surface area contributed by atoms with Gasteiger partial charge in [-0.2, -0.15) is 0 Å². The van der Waals surface area contributed by atoms with Gasteiger partial charge in [-0.3, -0.25) is 0 Å². The summed E-state index contributed by atoms with van der Waals surface area (Å²) >= 11 is 0. The summed E-state index contributed by atoms with van der Waals surface area (Å²) in [6.07, 6.45) is 2.52. The van der Waals surface area contributed by atoms with Gasteiger partial charge in [0.15, 0.2) is 0 Å². The number of carboxylic acids is 1. The van der Waals surface area contributed by atoms with Crippen LogP contribution >= 0.6 is 0 Å². The lowest BCUT2D eigenvalue weighted by Gasteiger charge is -2.04. The maximum Gasteiger partial charge on any atom is 0.328 e. The second-order valence-electron chi connectivity index (χ2n) is 3.11. The van der Waals surface area contributed by atoms with Gasteiger partial charge < -0.3 is 14.6 Å². The Labute approximate surface area is 94.1 Å². The molecule has 0 fully saturated rings. The minimum Gasteiger partial charge on any atom is -0.497 e. The second kappa shape index (κ2) is 6.63. The Morgan fingerprint density at radius 1 is 1.50 bits per heavy atom. The third-order valence-corrected chi connectivity index (χ3v) is 1.88. The van der Waals surface area contributed by atoms with Crippen LogP contribution in [0.3, 0.4) is 0 Å². The summed E-state index contributed by atoms with van der Waals surface area (Å²) in [6.45, 7) is 0.713. The Bertz CT molecular complexity index is 371. The zero-order valence-corrected chi connectivity index (χ0v) is 9.05. The number of carbonyl (C=O) groups is 1. The fourth-order valence-corrected chi connectivity index (χ4v) is 1.16. The zero-order valence-electron chi connectivity index (χ0n) is 9.05. The summed E-state index contributed by atoms with van der Waals surface area (Å²) in [7, 11) is 1.61. The number of carboxylic acid groups (broad SMARTS) is 1. The van der Waals surface area contributed by atoms with Gasteiger partial charge >= 0.3 is 5.97 Å². The van der Waals surface area contributed by atoms with E-state index in [0.29, 0.717) is 6.61 Å². The molecule has 0 heterocycles. The van der Waals surface area contributed by atoms with Gasteiger partial charge in [-0.1, -0.05) is 18.2 Å². The van der Waals surface area contributed by atoms with Crippen molar-refractivity contribution in [1.29, 1.82) is 0 Å². The molecule has 0 bridgehead atoms. The first-order chi connectivity index (χ1) is 7.72. The molecule has 4 nitrogen and oxygen atoms in total. The van der Waals surface area contributed by atoms with E-state index in [1.165, 1.54) is 6.08 Å². The van der Waals surface area contributed by atoms with Crippen molar-refractivity contribution < 1.29 is 19.4 Å². The second-order valence-corrected chi connectivity index (χ2v) is 3.11. The number of hydrogen-bond acceptors (Lipinski definition) is 3. The highest BCUT2D eigenvalue weighted by Gasteiger charge is 1.95. The van der Waals surface area contributed by atoms with Gasteiger partial charge in [-0.25, -0.2) is 4.79 Å². The van der Waals surface area contributed by atoms with Gasteiger partial charge in [-0.15, -0.1) is 0 Å². The van der Waals surface area contributed by atoms with Crippen LogP contribution in [-0.4, -0.2) is 24.8 Å². The lowest BCUT2D eigenvalue weighted by Crippen LogP contribution is -1.95. The summed E-state index contributed by atoms with van der Waals surface area (Å²) in [6, 6.07) is 7.53. The van der Waals surface area contributed by atoms with E-state index >= 15 is 0 Å². The fraction of sp³-hybridized carbons (Fsp3) is 0.250. The third kappa shape index (κ3) is 4.61. The van der Waals surface area contributed by atoms with Crippen LogP contribution in [0.25, 0.3) is 0 Å². The highest BCUT2D eigenvalue weighted by atomic mass is 16.5. The zero-order chi connectivity index (χ0) is 11.8. The Kier molecular flexibility index (Phi) is 5.08. The van der Waals surface area contributed by atoms with Crippen LogP contribution in [-0.2, 0) is 16.1 Å². The highest BCUT2D eigenvalue weighted by molar-refractivity contribution is 5.79. The predicted molar refractivity (Wildman–Crippen MR) is 59.4 cm³/mol. The minimum atomic E-state index is -0.968. The Hall–Kier alpha value is -1.81. The molecule has 1 aromatic rings. The van der Waals surface area contributed by atoms with E-state index in [1.54, 1.807) is 7.11 Å². The van der Waals surface area contributed by atoms with E-state index in [4.69, 9.17) is 14.6 Å². The first-order valence-electron chi connectivity index (χ1n) is 4.82. The molecule has 0 aromatic heterocycles. The molecule has 1 N–H and O–H groups in total. The van der Waals surface area contributed by atoms with Crippen LogP contribution in [0.4, 0.5) is 0 Å². The molecule has 0 aliphatic rings. The molecule has 0 radical (unpaired) electrons. The van der Waals surface area contributed by atoms with Crippen molar-refractivity contribution in [2.45, 2.75) is 6.61 Å². The molecule has 1 aromatic carbocycles. The van der Waals surface area contributed by atoms with Crippen molar-refractivity contribution in [2.75, 3.05) is 13.7 Å². The molecule has 1 rings (SSSR count). The number of ether oxygens (including phenoxy) is 2. The van der Waals surface area contributed by atoms with Crippen molar-refractivity contribution in [3.05, 3.63) is 42.0 Å². The molecular formula is C12H14O4. The van der Waals surface area contributed by atoms with Gasteiger partial charge in [0.05, 0.1) is 20.3 Å². The van der Waals surface area contributed by atoms with E-state index in [9.17, 15) is 4.79 Å². The van der Waals surface area contributed by atoms with Gasteiger partial charge in [0, 0.05) is 6.08 Å². The van der Waals surface area contributed by atoms with E-state index in [-0.39, 0.29) is 6.61 Å². The Morgan fingerprint density at radius 3 is 3.00 bits per heavy atom. The molecule has 0 saturated heterocycles. The normalized spacial score (nSPS) is 10.6. The minimum absolute atomic E-state index is 0.281. The van der Waals surface area contributed by atoms with Crippen LogP contribution in [0.15, 0.2) is 36.4 Å². The molecule has 4 heteroatoms. The maximum atomic E-state index is 10.2. The average Bonchev–Trinajstić information content (AvgIpc) is 2.28. The summed E-state index contributed by atoms with van der Waals surface area (Å²) in [4.78, 5) is 10.2. The number of rotatable bonds is 6. The summed E-state index contributed by atoms with van der Waals surface area (Å²) in [5, 5.41) is 8.34. The quantitative estimate of drug-likeness (QED) is 0.589. The molecule has 0 aliphatic heterocycles. The first-order valence-corrected chi connectivity index (χ1v) is 4.82. The predicted octanol–water partition coefficient (Wildman–Crippen LogP) is 1.85. The molecule has 0 spiro atoms. The Morgan fingerprint density at radius 2 is 2.31 bits per heavy atom. The van der Waals surface area contributed by atoms with Crippen molar-refractivity contribution in [2.24, 2.45) is 0 Å². The van der Waals surface area contributed by atoms with E-state index in [1.807, 2.05) is 24.3 Å². The maximum absolute atomic E-state index is 10.2. The van der Waals surface area contributed by atoms with Gasteiger partial charge in [0.25, 0.3) is 0 Å². The van der Waals surface area contributed by atoms with E-state index < -0.39 is 5.97 Å². The standard InChI is InChI=1S/C12H14O4/c1-15-11-5-2-4-10(8-11)9-16-7-3-6-12(13)14/h2-6,8H,7,9H2,1H3,(H,13,14). The SMILES string of the molecule is COc1cccc(COCC=CC(=O)O)c1. The molecule has 86 valence electrons. The topological polar surface area (TPSA) is 55.8 Å². The molecular weight excluding hydrogens is 208 g/mol. The number of hydrogen-bond donors (Lipinski definition) is 1. The van der Waals surface area contributed by atoms with Gasteiger partial charge in [0.1, 0.15) is 5.75 Å². The molecule has 0 amide bonds. The van der Waals surface area contributed by atoms with Crippen molar-refractivity contribution in [3.63, 3.8) is 0 Å². The van der Waals surface area contributed by atoms with Gasteiger partial charge in [0.2, 0.25) is 0 Å². The third-order valence-electron chi connectivity index (χ3n) is 1.88. The lowest BCUT2D eigenvalue weighted by molar-refractivity contribution is -0.131. The largest absolute Gasteiger partial charge is 0.497 e. The number of aliphatic carboxylic acids is 1. The number of benzene rings is 1. The van der Waals surface area contributed by atoms with Crippen LogP contribution in [0.2, 0.25) is 0 Å². The van der Waals surface area contributed by atoms with E-state index in [0.717, 1.165) is 17.4 Å². The van der Waals surface area contributed by atoms with Crippen LogP contribution in [0, 0.1) is 0 Å². The smallest absolute Gasteiger partial charge is 0.328 e. The number of methoxy groups -OCH3 is 1. The van der Waals surface area contributed by atoms with Crippen LogP contribution in [0.5, 0.6) is 5.75 Å². The van der Waals surface area contributed by atoms with Crippen LogP contribution < -0.4 is 4.74 Å². The fourth-order valence-electron chi connectivity index (χ4n) is 1.16. The highest BCUT2D eigenvalue weighted by Crippen LogP contribution is 2.12. The average molecular weight is 222 g/mol. The Balaban J connectivity index is 2.34.